The van der Waals surface area contributed by atoms with Crippen LogP contribution in [0.3, 0.4) is 0 Å². The smallest absolute Gasteiger partial charge is 0.170 e. The monoisotopic (exact) mass is 312 g/mol. The summed E-state index contributed by atoms with van der Waals surface area (Å²) < 4.78 is 31.7. The van der Waals surface area contributed by atoms with E-state index in [0.717, 1.165) is 6.07 Å². The van der Waals surface area contributed by atoms with Gasteiger partial charge in [-0.1, -0.05) is 22.8 Å². The maximum absolute atomic E-state index is 13.2. The number of hydrogen-bond donors (Lipinski definition) is 2. The molecule has 3 N–H and O–H groups in total. The van der Waals surface area contributed by atoms with Crippen LogP contribution >= 0.6 is 11.6 Å². The van der Waals surface area contributed by atoms with Crippen LogP contribution in [-0.4, -0.2) is 11.0 Å². The molecule has 0 aromatic heterocycles. The maximum Gasteiger partial charge on any atom is 0.170 e. The SMILES string of the molecule is NC(=NO)c1cc(F)ccc1COc1ccc(F)c(Cl)c1. The molecule has 0 unspecified atom stereocenters. The number of nitrogens with zero attached hydrogens (tertiary/aromatic N) is 1. The average Bonchev–Trinajstić information content (AvgIpc) is 2.48. The third-order valence-corrected chi connectivity index (χ3v) is 3.03. The lowest BCUT2D eigenvalue weighted by Crippen LogP contribution is -2.16. The number of rotatable bonds is 4. The normalized spacial score (nSPS) is 11.5. The van der Waals surface area contributed by atoms with Crippen LogP contribution in [0.2, 0.25) is 5.02 Å². The first-order valence-corrected chi connectivity index (χ1v) is 6.23. The Morgan fingerprint density at radius 1 is 1.24 bits per heavy atom. The van der Waals surface area contributed by atoms with Gasteiger partial charge >= 0.3 is 0 Å². The molecule has 4 nitrogen and oxygen atoms in total. The van der Waals surface area contributed by atoms with Gasteiger partial charge in [0.25, 0.3) is 0 Å². The Bertz CT molecular complexity index is 693. The minimum atomic E-state index is -0.553. The first-order chi connectivity index (χ1) is 10.0. The van der Waals surface area contributed by atoms with E-state index in [1.165, 1.54) is 30.3 Å². The summed E-state index contributed by atoms with van der Waals surface area (Å²) in [5.41, 5.74) is 6.20. The number of hydrogen-bond acceptors (Lipinski definition) is 3. The average molecular weight is 313 g/mol. The molecule has 2 aromatic carbocycles. The van der Waals surface area contributed by atoms with Crippen LogP contribution in [0.5, 0.6) is 5.75 Å². The van der Waals surface area contributed by atoms with E-state index in [1.807, 2.05) is 0 Å². The van der Waals surface area contributed by atoms with Gasteiger partial charge in [-0.3, -0.25) is 0 Å². The summed E-state index contributed by atoms with van der Waals surface area (Å²) in [5.74, 6) is -0.963. The second-order valence-electron chi connectivity index (χ2n) is 4.15. The minimum absolute atomic E-state index is 0.0216. The van der Waals surface area contributed by atoms with Crippen LogP contribution in [0, 0.1) is 11.6 Å². The molecular weight excluding hydrogens is 302 g/mol. The van der Waals surface area contributed by atoms with Crippen molar-refractivity contribution in [3.05, 3.63) is 64.2 Å². The number of halogens is 3. The maximum atomic E-state index is 13.2. The van der Waals surface area contributed by atoms with Gasteiger partial charge in [-0.2, -0.15) is 0 Å². The lowest BCUT2D eigenvalue weighted by atomic mass is 10.1. The number of oxime groups is 1. The highest BCUT2D eigenvalue weighted by atomic mass is 35.5. The van der Waals surface area contributed by atoms with Crippen molar-refractivity contribution in [1.29, 1.82) is 0 Å². The predicted octanol–water partition coefficient (Wildman–Crippen LogP) is 3.29. The molecule has 7 heteroatoms. The van der Waals surface area contributed by atoms with Crippen molar-refractivity contribution in [1.82, 2.24) is 0 Å². The van der Waals surface area contributed by atoms with Crippen LogP contribution in [0.15, 0.2) is 41.6 Å². The number of amidine groups is 1. The Morgan fingerprint density at radius 2 is 2.00 bits per heavy atom. The van der Waals surface area contributed by atoms with Crippen LogP contribution in [0.25, 0.3) is 0 Å². The van der Waals surface area contributed by atoms with Gasteiger partial charge in [-0.15, -0.1) is 0 Å². The Morgan fingerprint density at radius 3 is 2.67 bits per heavy atom. The molecular formula is C14H11ClF2N2O2. The molecule has 2 aromatic rings. The van der Waals surface area contributed by atoms with Crippen LogP contribution in [0.1, 0.15) is 11.1 Å². The summed E-state index contributed by atoms with van der Waals surface area (Å²) in [7, 11) is 0. The third-order valence-electron chi connectivity index (χ3n) is 2.74. The molecule has 0 saturated carbocycles. The van der Waals surface area contributed by atoms with Crippen molar-refractivity contribution in [2.45, 2.75) is 6.61 Å². The second kappa shape index (κ2) is 6.41. The molecule has 0 atom stereocenters. The zero-order valence-corrected chi connectivity index (χ0v) is 11.4. The standard InChI is InChI=1S/C14H11ClF2N2O2/c15-12-6-10(3-4-13(12)17)21-7-8-1-2-9(16)5-11(8)14(18)19-20/h1-6,20H,7H2,(H2,18,19). The van der Waals surface area contributed by atoms with Gasteiger partial charge in [0.2, 0.25) is 0 Å². The largest absolute Gasteiger partial charge is 0.489 e. The molecule has 0 bridgehead atoms. The van der Waals surface area contributed by atoms with Crippen LogP contribution < -0.4 is 10.5 Å². The highest BCUT2D eigenvalue weighted by Gasteiger charge is 2.10. The Hall–Kier alpha value is -2.34. The molecule has 0 spiro atoms. The van der Waals surface area contributed by atoms with E-state index in [-0.39, 0.29) is 23.0 Å². The molecule has 0 aliphatic rings. The summed E-state index contributed by atoms with van der Waals surface area (Å²) in [4.78, 5) is 0. The number of nitrogens with two attached hydrogens (primary N) is 1. The molecule has 21 heavy (non-hydrogen) atoms. The van der Waals surface area contributed by atoms with Crippen LogP contribution in [-0.2, 0) is 6.61 Å². The first-order valence-electron chi connectivity index (χ1n) is 5.85. The van der Waals surface area contributed by atoms with Gasteiger partial charge in [-0.05, 0) is 24.3 Å². The van der Waals surface area contributed by atoms with Gasteiger partial charge in [-0.25, -0.2) is 8.78 Å². The van der Waals surface area contributed by atoms with E-state index in [4.69, 9.17) is 27.3 Å². The topological polar surface area (TPSA) is 67.8 Å². The molecule has 0 saturated heterocycles. The fourth-order valence-corrected chi connectivity index (χ4v) is 1.87. The molecule has 0 heterocycles. The minimum Gasteiger partial charge on any atom is -0.489 e. The van der Waals surface area contributed by atoms with E-state index < -0.39 is 11.6 Å². The summed E-state index contributed by atoms with van der Waals surface area (Å²) in [5, 5.41) is 11.5. The Balaban J connectivity index is 2.21. The number of ether oxygens (including phenoxy) is 1. The van der Waals surface area contributed by atoms with Crippen molar-refractivity contribution in [2.24, 2.45) is 10.9 Å². The van der Waals surface area contributed by atoms with Crippen molar-refractivity contribution in [3.8, 4) is 5.75 Å². The van der Waals surface area contributed by atoms with E-state index in [9.17, 15) is 8.78 Å². The Labute approximate surface area is 124 Å². The van der Waals surface area contributed by atoms with Crippen molar-refractivity contribution < 1.29 is 18.7 Å². The highest BCUT2D eigenvalue weighted by molar-refractivity contribution is 6.30. The van der Waals surface area contributed by atoms with E-state index in [0.29, 0.717) is 11.3 Å². The summed E-state index contributed by atoms with van der Waals surface area (Å²) in [6.07, 6.45) is 0. The molecule has 0 radical (unpaired) electrons. The fourth-order valence-electron chi connectivity index (χ4n) is 1.69. The lowest BCUT2D eigenvalue weighted by Gasteiger charge is -2.11. The quantitative estimate of drug-likeness (QED) is 0.394. The molecule has 0 aliphatic heterocycles. The second-order valence-corrected chi connectivity index (χ2v) is 4.56. The van der Waals surface area contributed by atoms with Crippen LogP contribution in [0.4, 0.5) is 8.78 Å². The van der Waals surface area contributed by atoms with Gasteiger partial charge < -0.3 is 15.7 Å². The molecule has 0 fully saturated rings. The summed E-state index contributed by atoms with van der Waals surface area (Å²) in [6, 6.07) is 7.72. The van der Waals surface area contributed by atoms with Gasteiger partial charge in [0.15, 0.2) is 5.84 Å². The zero-order chi connectivity index (χ0) is 15.4. The van der Waals surface area contributed by atoms with Gasteiger partial charge in [0.05, 0.1) is 5.02 Å². The highest BCUT2D eigenvalue weighted by Crippen LogP contribution is 2.22. The third kappa shape index (κ3) is 3.61. The molecule has 0 amide bonds. The van der Waals surface area contributed by atoms with Crippen molar-refractivity contribution in [2.75, 3.05) is 0 Å². The van der Waals surface area contributed by atoms with E-state index in [1.54, 1.807) is 0 Å². The van der Waals surface area contributed by atoms with Gasteiger partial charge in [0.1, 0.15) is 24.0 Å². The van der Waals surface area contributed by atoms with E-state index in [2.05, 4.69) is 5.16 Å². The van der Waals surface area contributed by atoms with Crippen molar-refractivity contribution in [3.63, 3.8) is 0 Å². The lowest BCUT2D eigenvalue weighted by molar-refractivity contribution is 0.304. The molecule has 2 rings (SSSR count). The first kappa shape index (κ1) is 15.1. The summed E-state index contributed by atoms with van der Waals surface area (Å²) in [6.45, 7) is 0.0216. The van der Waals surface area contributed by atoms with Crippen molar-refractivity contribution >= 4 is 17.4 Å². The predicted molar refractivity (Wildman–Crippen MR) is 74.7 cm³/mol. The zero-order valence-electron chi connectivity index (χ0n) is 10.7. The van der Waals surface area contributed by atoms with E-state index >= 15 is 0 Å². The fraction of sp³-hybridized carbons (Fsp3) is 0.0714. The molecule has 0 aliphatic carbocycles. The number of benzene rings is 2. The summed E-state index contributed by atoms with van der Waals surface area (Å²) >= 11 is 5.64. The molecule has 110 valence electrons. The Kier molecular flexibility index (Phi) is 4.59. The van der Waals surface area contributed by atoms with Gasteiger partial charge in [0, 0.05) is 17.2 Å².